The minimum absolute atomic E-state index is 0.0113. The Morgan fingerprint density at radius 1 is 0.853 bits per heavy atom. The molecule has 2 N–H and O–H groups in total. The van der Waals surface area contributed by atoms with Crippen molar-refractivity contribution >= 4 is 47.5 Å². The van der Waals surface area contributed by atoms with E-state index < -0.39 is 9.04 Å². The smallest absolute Gasteiger partial charge is 0.283 e. The van der Waals surface area contributed by atoms with E-state index in [9.17, 15) is 4.79 Å². The van der Waals surface area contributed by atoms with E-state index in [-0.39, 0.29) is 17.4 Å². The minimum Gasteiger partial charge on any atom is -0.402 e. The van der Waals surface area contributed by atoms with Gasteiger partial charge >= 0.3 is 0 Å². The number of anilines is 2. The molecule has 1 radical (unpaired) electrons. The SMILES string of the molecule is CC(C)(C)C(CN1C(=O)c2cccc3c(N)ccc1c23)O[Si](c1ccccc1)c1ccccc1. The molecule has 171 valence electrons. The van der Waals surface area contributed by atoms with Crippen LogP contribution in [-0.2, 0) is 4.43 Å². The average molecular weight is 466 g/mol. The Morgan fingerprint density at radius 2 is 1.47 bits per heavy atom. The number of hydrogen-bond acceptors (Lipinski definition) is 3. The molecule has 0 bridgehead atoms. The highest BCUT2D eigenvalue weighted by Crippen LogP contribution is 2.40. The van der Waals surface area contributed by atoms with Gasteiger partial charge in [0.15, 0.2) is 0 Å². The molecule has 4 aromatic carbocycles. The zero-order valence-electron chi connectivity index (χ0n) is 19.8. The molecular weight excluding hydrogens is 436 g/mol. The summed E-state index contributed by atoms with van der Waals surface area (Å²) in [5, 5.41) is 4.26. The summed E-state index contributed by atoms with van der Waals surface area (Å²) in [6.07, 6.45) is -0.173. The molecule has 1 aliphatic heterocycles. The molecule has 4 aromatic rings. The quantitative estimate of drug-likeness (QED) is 0.334. The third kappa shape index (κ3) is 4.02. The van der Waals surface area contributed by atoms with Crippen LogP contribution in [0.25, 0.3) is 10.8 Å². The standard InChI is InChI=1S/C29H29N2O2Si/c1-29(2,3)26(33-34(20-11-6-4-7-12-20)21-13-8-5-9-14-21)19-31-25-18-17-24(30)22-15-10-16-23(27(22)25)28(31)32/h4-18,26H,19,30H2,1-3H3. The highest BCUT2D eigenvalue weighted by molar-refractivity contribution is 6.80. The second-order valence-electron chi connectivity index (χ2n) is 9.85. The second-order valence-corrected chi connectivity index (χ2v) is 11.9. The van der Waals surface area contributed by atoms with Crippen molar-refractivity contribution in [3.63, 3.8) is 0 Å². The molecule has 0 saturated heterocycles. The van der Waals surface area contributed by atoms with Crippen molar-refractivity contribution in [1.82, 2.24) is 0 Å². The molecule has 1 heterocycles. The van der Waals surface area contributed by atoms with E-state index in [1.165, 1.54) is 10.4 Å². The summed E-state index contributed by atoms with van der Waals surface area (Å²) in [7, 11) is -1.52. The van der Waals surface area contributed by atoms with Crippen LogP contribution < -0.4 is 21.0 Å². The lowest BCUT2D eigenvalue weighted by Crippen LogP contribution is -2.53. The molecule has 0 aliphatic carbocycles. The highest BCUT2D eigenvalue weighted by atomic mass is 28.3. The number of nitrogens with zero attached hydrogens (tertiary/aromatic N) is 1. The maximum Gasteiger partial charge on any atom is 0.283 e. The molecule has 0 spiro atoms. The molecule has 1 unspecified atom stereocenters. The van der Waals surface area contributed by atoms with Gasteiger partial charge in [-0.1, -0.05) is 93.6 Å². The third-order valence-corrected chi connectivity index (χ3v) is 8.70. The largest absolute Gasteiger partial charge is 0.402 e. The molecule has 1 amide bonds. The summed E-state index contributed by atoms with van der Waals surface area (Å²) in [6, 6.07) is 30.5. The molecule has 34 heavy (non-hydrogen) atoms. The van der Waals surface area contributed by atoms with Crippen LogP contribution in [-0.4, -0.2) is 27.6 Å². The van der Waals surface area contributed by atoms with Crippen molar-refractivity contribution in [3.05, 3.63) is 96.6 Å². The molecule has 4 nitrogen and oxygen atoms in total. The molecule has 1 atom stereocenters. The van der Waals surface area contributed by atoms with E-state index in [1.54, 1.807) is 0 Å². The Morgan fingerprint density at radius 3 is 2.06 bits per heavy atom. The lowest BCUT2D eigenvalue weighted by Gasteiger charge is -2.36. The van der Waals surface area contributed by atoms with Gasteiger partial charge in [0, 0.05) is 22.0 Å². The normalized spacial score (nSPS) is 14.2. The second kappa shape index (κ2) is 8.74. The van der Waals surface area contributed by atoms with E-state index >= 15 is 0 Å². The van der Waals surface area contributed by atoms with Gasteiger partial charge < -0.3 is 15.1 Å². The fourth-order valence-corrected chi connectivity index (χ4v) is 6.84. The molecule has 5 heteroatoms. The predicted molar refractivity (Wildman–Crippen MR) is 142 cm³/mol. The maximum atomic E-state index is 13.5. The first-order valence-corrected chi connectivity index (χ1v) is 13.0. The van der Waals surface area contributed by atoms with Crippen LogP contribution in [0.4, 0.5) is 11.4 Å². The summed E-state index contributed by atoms with van der Waals surface area (Å²) in [4.78, 5) is 15.4. The van der Waals surface area contributed by atoms with Crippen LogP contribution in [0.5, 0.6) is 0 Å². The van der Waals surface area contributed by atoms with Crippen molar-refractivity contribution < 1.29 is 9.22 Å². The Balaban J connectivity index is 1.52. The number of hydrogen-bond donors (Lipinski definition) is 1. The van der Waals surface area contributed by atoms with Crippen LogP contribution in [0.1, 0.15) is 31.1 Å². The molecule has 1 aliphatic rings. The van der Waals surface area contributed by atoms with Crippen LogP contribution in [0, 0.1) is 5.41 Å². The molecule has 0 aromatic heterocycles. The number of benzene rings is 4. The van der Waals surface area contributed by atoms with E-state index in [4.69, 9.17) is 10.2 Å². The van der Waals surface area contributed by atoms with Crippen LogP contribution >= 0.6 is 0 Å². The Hall–Kier alpha value is -3.41. The Bertz CT molecular complexity index is 1290. The Kier molecular flexibility index (Phi) is 5.76. The molecule has 0 fully saturated rings. The summed E-state index contributed by atoms with van der Waals surface area (Å²) < 4.78 is 7.00. The fraction of sp³-hybridized carbons (Fsp3) is 0.207. The van der Waals surface area contributed by atoms with Gasteiger partial charge in [-0.05, 0) is 34.0 Å². The minimum atomic E-state index is -1.52. The lowest BCUT2D eigenvalue weighted by atomic mass is 9.89. The number of nitrogens with two attached hydrogens (primary N) is 1. The summed E-state index contributed by atoms with van der Waals surface area (Å²) in [5.74, 6) is 0.0113. The first-order valence-electron chi connectivity index (χ1n) is 11.6. The van der Waals surface area contributed by atoms with Gasteiger partial charge in [0.1, 0.15) is 0 Å². The van der Waals surface area contributed by atoms with Crippen molar-refractivity contribution in [3.8, 4) is 0 Å². The summed E-state index contributed by atoms with van der Waals surface area (Å²) in [5.41, 5.74) is 8.37. The summed E-state index contributed by atoms with van der Waals surface area (Å²) >= 11 is 0. The number of nitrogen functional groups attached to an aromatic ring is 1. The number of carbonyl (C=O) groups excluding carboxylic acids is 1. The van der Waals surface area contributed by atoms with E-state index in [0.717, 1.165) is 16.5 Å². The predicted octanol–water partition coefficient (Wildman–Crippen LogP) is 4.62. The van der Waals surface area contributed by atoms with Crippen LogP contribution in [0.2, 0.25) is 0 Å². The van der Waals surface area contributed by atoms with Gasteiger partial charge in [-0.2, -0.15) is 0 Å². The lowest BCUT2D eigenvalue weighted by molar-refractivity contribution is 0.0842. The van der Waals surface area contributed by atoms with Gasteiger partial charge in [-0.3, -0.25) is 4.79 Å². The van der Waals surface area contributed by atoms with Crippen molar-refractivity contribution in [2.75, 3.05) is 17.2 Å². The molecule has 5 rings (SSSR count). The van der Waals surface area contributed by atoms with Gasteiger partial charge in [-0.25, -0.2) is 0 Å². The average Bonchev–Trinajstić information content (AvgIpc) is 3.11. The summed E-state index contributed by atoms with van der Waals surface area (Å²) in [6.45, 7) is 7.02. The first-order chi connectivity index (χ1) is 16.3. The van der Waals surface area contributed by atoms with Gasteiger partial charge in [-0.15, -0.1) is 0 Å². The van der Waals surface area contributed by atoms with Gasteiger partial charge in [0.2, 0.25) is 0 Å². The molecular formula is C29H29N2O2Si. The fourth-order valence-electron chi connectivity index (χ4n) is 4.53. The zero-order chi connectivity index (χ0) is 23.9. The van der Waals surface area contributed by atoms with Gasteiger partial charge in [0.25, 0.3) is 14.9 Å². The number of rotatable bonds is 6. The number of carbonyl (C=O) groups is 1. The van der Waals surface area contributed by atoms with E-state index in [0.29, 0.717) is 17.8 Å². The zero-order valence-corrected chi connectivity index (χ0v) is 20.8. The van der Waals surface area contributed by atoms with E-state index in [1.807, 2.05) is 47.4 Å². The van der Waals surface area contributed by atoms with Crippen LogP contribution in [0.15, 0.2) is 91.0 Å². The third-order valence-electron chi connectivity index (χ3n) is 6.47. The Labute approximate surface area is 202 Å². The topological polar surface area (TPSA) is 55.6 Å². The van der Waals surface area contributed by atoms with E-state index in [2.05, 4.69) is 69.3 Å². The molecule has 0 saturated carbocycles. The van der Waals surface area contributed by atoms with Crippen molar-refractivity contribution in [2.45, 2.75) is 26.9 Å². The van der Waals surface area contributed by atoms with Crippen molar-refractivity contribution in [1.29, 1.82) is 0 Å². The highest BCUT2D eigenvalue weighted by Gasteiger charge is 2.37. The number of amides is 1. The van der Waals surface area contributed by atoms with Gasteiger partial charge in [0.05, 0.1) is 18.3 Å². The van der Waals surface area contributed by atoms with Crippen LogP contribution in [0.3, 0.4) is 0 Å². The van der Waals surface area contributed by atoms with Crippen molar-refractivity contribution in [2.24, 2.45) is 5.41 Å². The monoisotopic (exact) mass is 465 g/mol. The first kappa shape index (κ1) is 22.4. The maximum absolute atomic E-state index is 13.5.